The molecule has 0 N–H and O–H groups in total. The predicted molar refractivity (Wildman–Crippen MR) is 135 cm³/mol. The zero-order valence-electron chi connectivity index (χ0n) is 21.1. The second-order valence-corrected chi connectivity index (χ2v) is 14.8. The van der Waals surface area contributed by atoms with Gasteiger partial charge in [-0.3, -0.25) is 0 Å². The third-order valence-electron chi connectivity index (χ3n) is 5.35. The maximum absolute atomic E-state index is 12.8. The molecule has 0 aliphatic rings. The molecule has 2 unspecified atom stereocenters. The minimum Gasteiger partial charge on any atom is -0.139 e. The third-order valence-corrected chi connectivity index (χ3v) is 9.24. The predicted octanol–water partition coefficient (Wildman–Crippen LogP) is 8.66. The van der Waals surface area contributed by atoms with Gasteiger partial charge in [0.1, 0.15) is 6.10 Å². The SMILES string of the molecule is Cc1cp(-c2c(C(C)(C)C)cc(C(C)(C)C)cc2C(C)(C)C)cc1[P+](=O)OC(C)C. The summed E-state index contributed by atoms with van der Waals surface area (Å²) in [5.41, 5.74) is 5.43. The Labute approximate surface area is 186 Å². The van der Waals surface area contributed by atoms with E-state index in [1.54, 1.807) is 0 Å². The zero-order valence-corrected chi connectivity index (χ0v) is 22.9. The second-order valence-electron chi connectivity index (χ2n) is 11.8. The van der Waals surface area contributed by atoms with Crippen LogP contribution < -0.4 is 5.30 Å². The van der Waals surface area contributed by atoms with Crippen LogP contribution >= 0.6 is 15.6 Å². The van der Waals surface area contributed by atoms with Gasteiger partial charge in [-0.15, -0.1) is 4.52 Å². The Morgan fingerprint density at radius 1 is 0.833 bits per heavy atom. The van der Waals surface area contributed by atoms with Gasteiger partial charge in [0.25, 0.3) is 0 Å². The highest BCUT2D eigenvalue weighted by molar-refractivity contribution is 7.59. The smallest absolute Gasteiger partial charge is 0.139 e. The molecule has 0 spiro atoms. The lowest BCUT2D eigenvalue weighted by atomic mass is 9.75. The van der Waals surface area contributed by atoms with Crippen LogP contribution in [0, 0.1) is 6.92 Å². The highest BCUT2D eigenvalue weighted by atomic mass is 31.1. The highest BCUT2D eigenvalue weighted by Gasteiger charge is 2.33. The lowest BCUT2D eigenvalue weighted by molar-refractivity contribution is 0.261. The fraction of sp³-hybridized carbons (Fsp3) is 0.615. The average molecular weight is 448 g/mol. The van der Waals surface area contributed by atoms with E-state index in [1.807, 2.05) is 13.8 Å². The van der Waals surface area contributed by atoms with Gasteiger partial charge in [-0.25, -0.2) is 0 Å². The van der Waals surface area contributed by atoms with Gasteiger partial charge in [0.15, 0.2) is 0 Å². The highest BCUT2D eigenvalue weighted by Crippen LogP contribution is 2.52. The standard InChI is InChI=1S/C26H41O2P2/c1-17(2)28-30(27)22-16-29(15-18(22)3)23-20(25(7,8)9)13-19(24(4,5)6)14-21(23)26(10,11)12/h13-17H,1-12H3/q+1. The molecule has 0 aliphatic carbocycles. The van der Waals surface area contributed by atoms with Crippen LogP contribution in [0.5, 0.6) is 0 Å². The first-order valence-electron chi connectivity index (χ1n) is 11.0. The number of hydrogen-bond donors (Lipinski definition) is 0. The largest absolute Gasteiger partial charge is 0.549 e. The van der Waals surface area contributed by atoms with Crippen LogP contribution in [-0.4, -0.2) is 6.10 Å². The van der Waals surface area contributed by atoms with Gasteiger partial charge in [-0.1, -0.05) is 82.0 Å². The summed E-state index contributed by atoms with van der Waals surface area (Å²) < 4.78 is 18.5. The van der Waals surface area contributed by atoms with E-state index in [2.05, 4.69) is 93.0 Å². The lowest BCUT2D eigenvalue weighted by Gasteiger charge is -2.33. The number of benzene rings is 1. The van der Waals surface area contributed by atoms with E-state index in [9.17, 15) is 4.57 Å². The van der Waals surface area contributed by atoms with Gasteiger partial charge in [0.05, 0.1) is 0 Å². The molecule has 30 heavy (non-hydrogen) atoms. The van der Waals surface area contributed by atoms with Crippen LogP contribution in [0.25, 0.3) is 5.30 Å². The molecule has 0 aliphatic heterocycles. The van der Waals surface area contributed by atoms with Crippen LogP contribution in [-0.2, 0) is 25.3 Å². The fourth-order valence-corrected chi connectivity index (χ4v) is 8.02. The summed E-state index contributed by atoms with van der Waals surface area (Å²) in [4.78, 5) is 0. The van der Waals surface area contributed by atoms with Crippen molar-refractivity contribution in [1.29, 1.82) is 0 Å². The molecular formula is C26H41O2P2+. The summed E-state index contributed by atoms with van der Waals surface area (Å²) in [6, 6.07) is 4.85. The Morgan fingerprint density at radius 3 is 1.67 bits per heavy atom. The molecule has 0 saturated heterocycles. The molecule has 0 bridgehead atoms. The number of hydrogen-bond acceptors (Lipinski definition) is 2. The second kappa shape index (κ2) is 8.54. The molecule has 0 fully saturated rings. The normalized spacial score (nSPS) is 14.4. The van der Waals surface area contributed by atoms with Crippen molar-refractivity contribution in [1.82, 2.24) is 0 Å². The molecule has 2 atom stereocenters. The van der Waals surface area contributed by atoms with Crippen molar-refractivity contribution in [2.75, 3.05) is 0 Å². The first kappa shape index (κ1) is 25.3. The Hall–Kier alpha value is -0.940. The van der Waals surface area contributed by atoms with Gasteiger partial charge in [-0.05, 0) is 64.1 Å². The molecule has 166 valence electrons. The molecular weight excluding hydrogens is 406 g/mol. The minimum absolute atomic E-state index is 0.0217. The van der Waals surface area contributed by atoms with E-state index >= 15 is 0 Å². The van der Waals surface area contributed by atoms with Crippen molar-refractivity contribution in [3.63, 3.8) is 0 Å². The van der Waals surface area contributed by atoms with Crippen LogP contribution in [0.3, 0.4) is 0 Å². The van der Waals surface area contributed by atoms with Crippen molar-refractivity contribution < 1.29 is 9.09 Å². The van der Waals surface area contributed by atoms with Crippen molar-refractivity contribution in [2.45, 2.75) is 105 Å². The average Bonchev–Trinajstić information content (AvgIpc) is 2.92. The van der Waals surface area contributed by atoms with Gasteiger partial charge in [0.2, 0.25) is 5.30 Å². The molecule has 0 saturated carbocycles. The van der Waals surface area contributed by atoms with Gasteiger partial charge < -0.3 is 0 Å². The summed E-state index contributed by atoms with van der Waals surface area (Å²) in [6.07, 6.45) is -0.0459. The Kier molecular flexibility index (Phi) is 7.21. The molecule has 0 amide bonds. The number of rotatable bonds is 4. The summed E-state index contributed by atoms with van der Waals surface area (Å²) in [7, 11) is -2.50. The zero-order chi connectivity index (χ0) is 23.2. The van der Waals surface area contributed by atoms with E-state index in [-0.39, 0.29) is 22.3 Å². The van der Waals surface area contributed by atoms with E-state index < -0.39 is 15.6 Å². The Bertz CT molecular complexity index is 894. The molecule has 2 aromatic rings. The maximum atomic E-state index is 12.8. The third kappa shape index (κ3) is 5.64. The topological polar surface area (TPSA) is 26.3 Å². The van der Waals surface area contributed by atoms with Crippen molar-refractivity contribution in [2.24, 2.45) is 0 Å². The molecule has 4 heteroatoms. The van der Waals surface area contributed by atoms with Crippen molar-refractivity contribution in [3.05, 3.63) is 46.0 Å². The maximum Gasteiger partial charge on any atom is 0.549 e. The van der Waals surface area contributed by atoms with Crippen molar-refractivity contribution in [3.8, 4) is 5.30 Å². The van der Waals surface area contributed by atoms with E-state index in [0.717, 1.165) is 10.9 Å². The van der Waals surface area contributed by atoms with Crippen LogP contribution in [0.4, 0.5) is 0 Å². The molecule has 2 nitrogen and oxygen atoms in total. The van der Waals surface area contributed by atoms with Crippen LogP contribution in [0.15, 0.2) is 23.7 Å². The monoisotopic (exact) mass is 447 g/mol. The number of aryl methyl sites for hydroxylation is 1. The summed E-state index contributed by atoms with van der Waals surface area (Å²) in [5.74, 6) is 4.57. The van der Waals surface area contributed by atoms with Crippen LogP contribution in [0.1, 0.15) is 98.4 Å². The van der Waals surface area contributed by atoms with E-state index in [0.29, 0.717) is 0 Å². The van der Waals surface area contributed by atoms with Gasteiger partial charge in [0, 0.05) is 16.7 Å². The minimum atomic E-state index is -1.82. The van der Waals surface area contributed by atoms with E-state index in [1.165, 1.54) is 22.0 Å². The van der Waals surface area contributed by atoms with Crippen molar-refractivity contribution >= 4 is 20.9 Å². The molecule has 1 heterocycles. The first-order chi connectivity index (χ1) is 13.4. The Morgan fingerprint density at radius 2 is 1.30 bits per heavy atom. The summed E-state index contributed by atoms with van der Waals surface area (Å²) >= 11 is 0. The lowest BCUT2D eigenvalue weighted by Crippen LogP contribution is -2.22. The first-order valence-corrected chi connectivity index (χ1v) is 13.6. The van der Waals surface area contributed by atoms with Crippen LogP contribution in [0.2, 0.25) is 0 Å². The van der Waals surface area contributed by atoms with Gasteiger partial charge >= 0.3 is 8.03 Å². The summed E-state index contributed by atoms with van der Waals surface area (Å²) in [5, 5.41) is 2.31. The molecule has 2 rings (SSSR count). The van der Waals surface area contributed by atoms with Gasteiger partial charge in [-0.2, -0.15) is 0 Å². The Balaban J connectivity index is 2.87. The molecule has 1 aromatic carbocycles. The fourth-order valence-electron chi connectivity index (χ4n) is 3.60. The summed E-state index contributed by atoms with van der Waals surface area (Å²) in [6.45, 7) is 26.6. The quantitative estimate of drug-likeness (QED) is 0.438. The molecule has 0 radical (unpaired) electrons. The van der Waals surface area contributed by atoms with E-state index in [4.69, 9.17) is 4.52 Å². The molecule has 1 aromatic heterocycles.